The van der Waals surface area contributed by atoms with Crippen LogP contribution in [0.3, 0.4) is 0 Å². The first-order chi connectivity index (χ1) is 10.6. The fraction of sp³-hybridized carbons (Fsp3) is 0.263. The summed E-state index contributed by atoms with van der Waals surface area (Å²) in [6.45, 7) is 4.04. The smallest absolute Gasteiger partial charge is 0.230 e. The number of hydrogen-bond acceptors (Lipinski definition) is 2. The molecule has 0 saturated carbocycles. The molecule has 1 aliphatic heterocycles. The van der Waals surface area contributed by atoms with Gasteiger partial charge in [0.25, 0.3) is 0 Å². The number of carbonyl (C=O) groups excluding carboxylic acids is 2. The fourth-order valence-electron chi connectivity index (χ4n) is 3.11. The molecule has 0 spiro atoms. The van der Waals surface area contributed by atoms with Gasteiger partial charge in [-0.2, -0.15) is 0 Å². The van der Waals surface area contributed by atoms with Gasteiger partial charge in [0.2, 0.25) is 11.8 Å². The van der Waals surface area contributed by atoms with Gasteiger partial charge in [0, 0.05) is 12.8 Å². The summed E-state index contributed by atoms with van der Waals surface area (Å²) in [5.41, 5.74) is 4.20. The van der Waals surface area contributed by atoms with E-state index in [4.69, 9.17) is 0 Å². The van der Waals surface area contributed by atoms with Crippen LogP contribution in [-0.2, 0) is 9.59 Å². The van der Waals surface area contributed by atoms with Crippen LogP contribution >= 0.6 is 0 Å². The summed E-state index contributed by atoms with van der Waals surface area (Å²) in [4.78, 5) is 26.1. The van der Waals surface area contributed by atoms with Gasteiger partial charge in [0.15, 0.2) is 0 Å². The first-order valence-electron chi connectivity index (χ1n) is 7.55. The molecule has 2 aromatic carbocycles. The molecular formula is C19H19NO2. The van der Waals surface area contributed by atoms with Crippen molar-refractivity contribution in [3.63, 3.8) is 0 Å². The van der Waals surface area contributed by atoms with Crippen molar-refractivity contribution >= 4 is 11.8 Å². The van der Waals surface area contributed by atoms with Crippen molar-refractivity contribution in [3.8, 4) is 0 Å². The maximum atomic E-state index is 12.3. The summed E-state index contributed by atoms with van der Waals surface area (Å²) in [5.74, 6) is -0.164. The minimum atomic E-state index is -0.329. The zero-order valence-corrected chi connectivity index (χ0v) is 12.9. The van der Waals surface area contributed by atoms with Crippen molar-refractivity contribution in [1.29, 1.82) is 0 Å². The van der Waals surface area contributed by atoms with Gasteiger partial charge in [0.1, 0.15) is 0 Å². The predicted octanol–water partition coefficient (Wildman–Crippen LogP) is 3.54. The van der Waals surface area contributed by atoms with E-state index in [2.05, 4.69) is 0 Å². The molecule has 1 heterocycles. The van der Waals surface area contributed by atoms with Crippen molar-refractivity contribution in [1.82, 2.24) is 4.90 Å². The highest BCUT2D eigenvalue weighted by Gasteiger charge is 2.37. The number of rotatable bonds is 3. The average Bonchev–Trinajstić information content (AvgIpc) is 2.83. The second kappa shape index (κ2) is 5.76. The highest BCUT2D eigenvalue weighted by Crippen LogP contribution is 2.35. The van der Waals surface area contributed by atoms with E-state index in [1.807, 2.05) is 62.4 Å². The SMILES string of the molecule is Cc1ccccc1C(c1ccccc1C)N1C(=O)CCC1=O. The van der Waals surface area contributed by atoms with Gasteiger partial charge in [-0.25, -0.2) is 0 Å². The zero-order valence-electron chi connectivity index (χ0n) is 12.9. The Hall–Kier alpha value is -2.42. The quantitative estimate of drug-likeness (QED) is 0.812. The first-order valence-corrected chi connectivity index (χ1v) is 7.55. The zero-order chi connectivity index (χ0) is 15.7. The average molecular weight is 293 g/mol. The molecule has 3 nitrogen and oxygen atoms in total. The minimum Gasteiger partial charge on any atom is -0.274 e. The van der Waals surface area contributed by atoms with Crippen molar-refractivity contribution in [2.75, 3.05) is 0 Å². The molecule has 112 valence electrons. The Morgan fingerprint density at radius 3 is 1.59 bits per heavy atom. The third-order valence-electron chi connectivity index (χ3n) is 4.31. The maximum Gasteiger partial charge on any atom is 0.230 e. The summed E-state index contributed by atoms with van der Waals surface area (Å²) < 4.78 is 0. The monoisotopic (exact) mass is 293 g/mol. The van der Waals surface area contributed by atoms with Crippen molar-refractivity contribution in [3.05, 3.63) is 70.8 Å². The molecule has 0 atom stereocenters. The molecule has 1 fully saturated rings. The molecule has 0 aromatic heterocycles. The molecule has 3 rings (SSSR count). The maximum absolute atomic E-state index is 12.3. The Labute approximate surface area is 130 Å². The molecule has 22 heavy (non-hydrogen) atoms. The van der Waals surface area contributed by atoms with Gasteiger partial charge in [0.05, 0.1) is 6.04 Å². The Morgan fingerprint density at radius 2 is 1.18 bits per heavy atom. The molecule has 0 N–H and O–H groups in total. The largest absolute Gasteiger partial charge is 0.274 e. The molecular weight excluding hydrogens is 274 g/mol. The lowest BCUT2D eigenvalue weighted by Gasteiger charge is -2.29. The van der Waals surface area contributed by atoms with Crippen LogP contribution in [0.4, 0.5) is 0 Å². The molecule has 2 aromatic rings. The number of benzene rings is 2. The Morgan fingerprint density at radius 1 is 0.773 bits per heavy atom. The first kappa shape index (κ1) is 14.5. The Kier molecular flexibility index (Phi) is 3.80. The van der Waals surface area contributed by atoms with Crippen LogP contribution in [0.25, 0.3) is 0 Å². The van der Waals surface area contributed by atoms with Crippen LogP contribution in [0.1, 0.15) is 41.1 Å². The molecule has 0 radical (unpaired) electrons. The van der Waals surface area contributed by atoms with Crippen LogP contribution in [0.5, 0.6) is 0 Å². The van der Waals surface area contributed by atoms with Gasteiger partial charge >= 0.3 is 0 Å². The van der Waals surface area contributed by atoms with Crippen molar-refractivity contribution < 1.29 is 9.59 Å². The fourth-order valence-corrected chi connectivity index (χ4v) is 3.11. The van der Waals surface area contributed by atoms with E-state index in [0.29, 0.717) is 12.8 Å². The van der Waals surface area contributed by atoms with Crippen LogP contribution in [0, 0.1) is 13.8 Å². The van der Waals surface area contributed by atoms with E-state index in [1.54, 1.807) is 0 Å². The summed E-state index contributed by atoms with van der Waals surface area (Å²) in [6, 6.07) is 15.6. The lowest BCUT2D eigenvalue weighted by molar-refractivity contribution is -0.140. The summed E-state index contributed by atoms with van der Waals surface area (Å²) in [7, 11) is 0. The molecule has 0 aliphatic carbocycles. The Bertz CT molecular complexity index is 674. The molecule has 1 saturated heterocycles. The van der Waals surface area contributed by atoms with Gasteiger partial charge in [-0.1, -0.05) is 48.5 Å². The summed E-state index contributed by atoms with van der Waals surface area (Å²) in [6.07, 6.45) is 0.625. The summed E-state index contributed by atoms with van der Waals surface area (Å²) in [5, 5.41) is 0. The second-order valence-corrected chi connectivity index (χ2v) is 5.77. The number of aryl methyl sites for hydroxylation is 2. The minimum absolute atomic E-state index is 0.0819. The van der Waals surface area contributed by atoms with E-state index in [9.17, 15) is 9.59 Å². The third-order valence-corrected chi connectivity index (χ3v) is 4.31. The van der Waals surface area contributed by atoms with E-state index >= 15 is 0 Å². The van der Waals surface area contributed by atoms with Crippen LogP contribution < -0.4 is 0 Å². The predicted molar refractivity (Wildman–Crippen MR) is 85.3 cm³/mol. The van der Waals surface area contributed by atoms with Gasteiger partial charge in [-0.3, -0.25) is 14.5 Å². The normalized spacial score (nSPS) is 15.0. The van der Waals surface area contributed by atoms with Crippen LogP contribution in [-0.4, -0.2) is 16.7 Å². The van der Waals surface area contributed by atoms with Crippen molar-refractivity contribution in [2.24, 2.45) is 0 Å². The number of nitrogens with zero attached hydrogens (tertiary/aromatic N) is 1. The molecule has 0 unspecified atom stereocenters. The molecule has 2 amide bonds. The standard InChI is InChI=1S/C19H19NO2/c1-13-7-3-5-9-15(13)19(16-10-6-4-8-14(16)2)20-17(21)11-12-18(20)22/h3-10,19H,11-12H2,1-2H3. The second-order valence-electron chi connectivity index (χ2n) is 5.77. The lowest BCUT2D eigenvalue weighted by atomic mass is 9.91. The van der Waals surface area contributed by atoms with Crippen molar-refractivity contribution in [2.45, 2.75) is 32.7 Å². The number of carbonyl (C=O) groups is 2. The number of likely N-dealkylation sites (tertiary alicyclic amines) is 1. The van der Waals surface area contributed by atoms with Gasteiger partial charge < -0.3 is 0 Å². The highest BCUT2D eigenvalue weighted by atomic mass is 16.2. The number of hydrogen-bond donors (Lipinski definition) is 0. The third kappa shape index (κ3) is 2.43. The molecule has 3 heteroatoms. The van der Waals surface area contributed by atoms with E-state index < -0.39 is 0 Å². The number of imide groups is 1. The molecule has 0 bridgehead atoms. The van der Waals surface area contributed by atoms with E-state index in [1.165, 1.54) is 4.90 Å². The highest BCUT2D eigenvalue weighted by molar-refractivity contribution is 6.02. The van der Waals surface area contributed by atoms with Crippen LogP contribution in [0.2, 0.25) is 0 Å². The van der Waals surface area contributed by atoms with E-state index in [0.717, 1.165) is 22.3 Å². The topological polar surface area (TPSA) is 37.4 Å². The Balaban J connectivity index is 2.19. The molecule has 1 aliphatic rings. The summed E-state index contributed by atoms with van der Waals surface area (Å²) >= 11 is 0. The lowest BCUT2D eigenvalue weighted by Crippen LogP contribution is -2.35. The number of amides is 2. The van der Waals surface area contributed by atoms with Gasteiger partial charge in [-0.05, 0) is 36.1 Å². The van der Waals surface area contributed by atoms with Crippen LogP contribution in [0.15, 0.2) is 48.5 Å². The van der Waals surface area contributed by atoms with Gasteiger partial charge in [-0.15, -0.1) is 0 Å². The van der Waals surface area contributed by atoms with E-state index in [-0.39, 0.29) is 17.9 Å².